The molecule has 0 unspecified atom stereocenters. The van der Waals surface area contributed by atoms with Gasteiger partial charge in [0.2, 0.25) is 0 Å². The zero-order chi connectivity index (χ0) is 21.6. The Bertz CT molecular complexity index is 1090. The minimum atomic E-state index is -0.512. The van der Waals surface area contributed by atoms with Crippen LogP contribution in [0.1, 0.15) is 23.2 Å². The number of para-hydroxylation sites is 1. The summed E-state index contributed by atoms with van der Waals surface area (Å²) in [7, 11) is 1.30. The molecule has 0 spiro atoms. The Morgan fingerprint density at radius 1 is 0.935 bits per heavy atom. The number of benzene rings is 2. The van der Waals surface area contributed by atoms with Gasteiger partial charge in [0.25, 0.3) is 0 Å². The molecule has 1 aliphatic heterocycles. The normalized spacial score (nSPS) is 13.0. The van der Waals surface area contributed by atoms with Crippen molar-refractivity contribution in [3.8, 4) is 11.3 Å². The van der Waals surface area contributed by atoms with E-state index in [1.807, 2.05) is 36.4 Å². The highest BCUT2D eigenvalue weighted by Gasteiger charge is 2.15. The molecule has 0 atom stereocenters. The molecule has 7 nitrogen and oxygen atoms in total. The van der Waals surface area contributed by atoms with Gasteiger partial charge in [-0.25, -0.2) is 14.6 Å². The molecule has 1 fully saturated rings. The number of rotatable bonds is 5. The molecule has 3 aromatic rings. The van der Waals surface area contributed by atoms with Gasteiger partial charge < -0.3 is 20.3 Å². The lowest BCUT2D eigenvalue weighted by molar-refractivity contribution is 0.0602. The maximum atomic E-state index is 12.5. The molecule has 2 heterocycles. The molecule has 158 valence electrons. The molecule has 0 saturated carbocycles. The smallest absolute Gasteiger partial charge is 0.339 e. The molecular weight excluding hydrogens is 392 g/mol. The van der Waals surface area contributed by atoms with Crippen LogP contribution in [0.2, 0.25) is 0 Å². The number of carbonyl (C=O) groups is 2. The van der Waals surface area contributed by atoms with Crippen molar-refractivity contribution < 1.29 is 14.3 Å². The second-order valence-corrected chi connectivity index (χ2v) is 7.27. The minimum absolute atomic E-state index is 0.289. The number of carbonyl (C=O) groups excluding carboxylic acids is 2. The number of aromatic nitrogens is 1. The van der Waals surface area contributed by atoms with Crippen molar-refractivity contribution in [2.45, 2.75) is 12.8 Å². The summed E-state index contributed by atoms with van der Waals surface area (Å²) < 4.78 is 4.77. The van der Waals surface area contributed by atoms with E-state index in [0.717, 1.165) is 30.2 Å². The van der Waals surface area contributed by atoms with Crippen molar-refractivity contribution in [1.82, 2.24) is 4.98 Å². The van der Waals surface area contributed by atoms with Crippen molar-refractivity contribution in [3.63, 3.8) is 0 Å². The van der Waals surface area contributed by atoms with Crippen LogP contribution < -0.4 is 15.5 Å². The summed E-state index contributed by atoms with van der Waals surface area (Å²) in [4.78, 5) is 31.5. The van der Waals surface area contributed by atoms with E-state index in [-0.39, 0.29) is 5.56 Å². The summed E-state index contributed by atoms with van der Waals surface area (Å²) in [5, 5.41) is 5.52. The Morgan fingerprint density at radius 3 is 2.52 bits per heavy atom. The zero-order valence-corrected chi connectivity index (χ0v) is 17.3. The quantitative estimate of drug-likeness (QED) is 0.585. The third-order valence-electron chi connectivity index (χ3n) is 5.16. The SMILES string of the molecule is COC(=O)c1ccccc1NC(=O)Nc1cccc(-c2cccc(N3CCCC3)n2)c1. The van der Waals surface area contributed by atoms with E-state index in [9.17, 15) is 9.59 Å². The Labute approximate surface area is 181 Å². The van der Waals surface area contributed by atoms with Crippen LogP contribution in [-0.2, 0) is 4.74 Å². The van der Waals surface area contributed by atoms with Crippen LogP contribution in [-0.4, -0.2) is 37.2 Å². The molecule has 1 aliphatic rings. The molecule has 2 aromatic carbocycles. The third kappa shape index (κ3) is 4.83. The molecule has 4 rings (SSSR count). The molecule has 2 N–H and O–H groups in total. The first-order valence-electron chi connectivity index (χ1n) is 10.2. The molecule has 31 heavy (non-hydrogen) atoms. The van der Waals surface area contributed by atoms with Crippen LogP contribution in [0.25, 0.3) is 11.3 Å². The van der Waals surface area contributed by atoms with Crippen molar-refractivity contribution >= 4 is 29.2 Å². The van der Waals surface area contributed by atoms with Crippen LogP contribution >= 0.6 is 0 Å². The van der Waals surface area contributed by atoms with Crippen molar-refractivity contribution in [3.05, 3.63) is 72.3 Å². The maximum absolute atomic E-state index is 12.5. The number of hydrogen-bond acceptors (Lipinski definition) is 5. The van der Waals surface area contributed by atoms with Gasteiger partial charge in [-0.15, -0.1) is 0 Å². The molecule has 1 aromatic heterocycles. The van der Waals surface area contributed by atoms with Gasteiger partial charge in [0, 0.05) is 24.3 Å². The maximum Gasteiger partial charge on any atom is 0.339 e. The third-order valence-corrected chi connectivity index (χ3v) is 5.16. The van der Waals surface area contributed by atoms with Crippen molar-refractivity contribution in [1.29, 1.82) is 0 Å². The summed E-state index contributed by atoms with van der Waals surface area (Å²) in [5.74, 6) is 0.465. The second-order valence-electron chi connectivity index (χ2n) is 7.27. The summed E-state index contributed by atoms with van der Waals surface area (Å²) in [5.41, 5.74) is 3.05. The van der Waals surface area contributed by atoms with E-state index in [0.29, 0.717) is 11.4 Å². The standard InChI is InChI=1S/C24H24N4O3/c1-31-23(29)19-10-2-3-11-21(19)27-24(30)25-18-9-6-8-17(16-18)20-12-7-13-22(26-20)28-14-4-5-15-28/h2-3,6-13,16H,4-5,14-15H2,1H3,(H2,25,27,30). The average molecular weight is 416 g/mol. The van der Waals surface area contributed by atoms with E-state index in [2.05, 4.69) is 15.5 Å². The lowest BCUT2D eigenvalue weighted by Crippen LogP contribution is -2.21. The van der Waals surface area contributed by atoms with Gasteiger partial charge in [-0.05, 0) is 49.2 Å². The highest BCUT2D eigenvalue weighted by atomic mass is 16.5. The highest BCUT2D eigenvalue weighted by molar-refractivity contribution is 6.05. The molecular formula is C24H24N4O3. The lowest BCUT2D eigenvalue weighted by atomic mass is 10.1. The Hall–Kier alpha value is -3.87. The predicted octanol–water partition coefficient (Wildman–Crippen LogP) is 4.78. The van der Waals surface area contributed by atoms with Gasteiger partial charge in [0.05, 0.1) is 24.1 Å². The van der Waals surface area contributed by atoms with Crippen LogP contribution in [0.4, 0.5) is 22.0 Å². The van der Waals surface area contributed by atoms with Gasteiger partial charge in [0.15, 0.2) is 0 Å². The molecule has 0 radical (unpaired) electrons. The Balaban J connectivity index is 1.49. The number of nitrogens with zero attached hydrogens (tertiary/aromatic N) is 2. The van der Waals surface area contributed by atoms with E-state index in [4.69, 9.17) is 9.72 Å². The van der Waals surface area contributed by atoms with Crippen LogP contribution in [0, 0.1) is 0 Å². The largest absolute Gasteiger partial charge is 0.465 e. The van der Waals surface area contributed by atoms with Crippen molar-refractivity contribution in [2.24, 2.45) is 0 Å². The Kier molecular flexibility index (Phi) is 6.12. The number of pyridine rings is 1. The zero-order valence-electron chi connectivity index (χ0n) is 17.3. The summed E-state index contributed by atoms with van der Waals surface area (Å²) in [6.07, 6.45) is 2.39. The van der Waals surface area contributed by atoms with Gasteiger partial charge in [-0.3, -0.25) is 0 Å². The number of esters is 1. The number of anilines is 3. The number of methoxy groups -OCH3 is 1. The average Bonchev–Trinajstić information content (AvgIpc) is 3.34. The summed E-state index contributed by atoms with van der Waals surface area (Å²) in [6.45, 7) is 2.07. The van der Waals surface area contributed by atoms with Crippen LogP contribution in [0.15, 0.2) is 66.7 Å². The second kappa shape index (κ2) is 9.30. The lowest BCUT2D eigenvalue weighted by Gasteiger charge is -2.17. The monoisotopic (exact) mass is 416 g/mol. The van der Waals surface area contributed by atoms with E-state index in [1.54, 1.807) is 30.3 Å². The highest BCUT2D eigenvalue weighted by Crippen LogP contribution is 2.25. The molecule has 1 saturated heterocycles. The van der Waals surface area contributed by atoms with Gasteiger partial charge >= 0.3 is 12.0 Å². The topological polar surface area (TPSA) is 83.6 Å². The van der Waals surface area contributed by atoms with Crippen molar-refractivity contribution in [2.75, 3.05) is 35.7 Å². The number of hydrogen-bond donors (Lipinski definition) is 2. The van der Waals surface area contributed by atoms with Gasteiger partial charge in [0.1, 0.15) is 5.82 Å². The Morgan fingerprint density at radius 2 is 1.71 bits per heavy atom. The minimum Gasteiger partial charge on any atom is -0.465 e. The number of urea groups is 1. The van der Waals surface area contributed by atoms with E-state index >= 15 is 0 Å². The first kappa shape index (κ1) is 20.4. The molecule has 7 heteroatoms. The molecule has 2 amide bonds. The van der Waals surface area contributed by atoms with Crippen LogP contribution in [0.5, 0.6) is 0 Å². The summed E-state index contributed by atoms with van der Waals surface area (Å²) >= 11 is 0. The number of nitrogens with one attached hydrogen (secondary N) is 2. The van der Waals surface area contributed by atoms with E-state index < -0.39 is 12.0 Å². The summed E-state index contributed by atoms with van der Waals surface area (Å²) in [6, 6.07) is 19.8. The first-order valence-corrected chi connectivity index (χ1v) is 10.2. The van der Waals surface area contributed by atoms with Crippen LogP contribution in [0.3, 0.4) is 0 Å². The van der Waals surface area contributed by atoms with Gasteiger partial charge in [-0.1, -0.05) is 30.3 Å². The fourth-order valence-electron chi connectivity index (χ4n) is 3.63. The number of ether oxygens (including phenoxy) is 1. The molecule has 0 bridgehead atoms. The predicted molar refractivity (Wildman–Crippen MR) is 122 cm³/mol. The van der Waals surface area contributed by atoms with E-state index in [1.165, 1.54) is 20.0 Å². The molecule has 0 aliphatic carbocycles. The van der Waals surface area contributed by atoms with Gasteiger partial charge in [-0.2, -0.15) is 0 Å². The first-order chi connectivity index (χ1) is 15.1. The fraction of sp³-hybridized carbons (Fsp3) is 0.208. The fourth-order valence-corrected chi connectivity index (χ4v) is 3.63. The number of amides is 2.